The summed E-state index contributed by atoms with van der Waals surface area (Å²) in [4.78, 5) is 43.4. The molecule has 15 aromatic rings. The first-order valence-electron chi connectivity index (χ1n) is 42.0. The van der Waals surface area contributed by atoms with E-state index in [1.807, 2.05) is 116 Å². The van der Waals surface area contributed by atoms with Crippen molar-refractivity contribution in [1.29, 1.82) is 0 Å². The Bertz CT molecular complexity index is 5500. The molecule has 0 saturated heterocycles. The van der Waals surface area contributed by atoms with Crippen LogP contribution in [0.3, 0.4) is 0 Å². The van der Waals surface area contributed by atoms with Crippen LogP contribution >= 0.6 is 0 Å². The second kappa shape index (κ2) is 42.9. The average Bonchev–Trinajstić information content (AvgIpc) is 0.792. The molecule has 0 unspecified atom stereocenters. The minimum atomic E-state index is 0. The molecule has 0 fully saturated rings. The van der Waals surface area contributed by atoms with Gasteiger partial charge in [0, 0.05) is 112 Å². The van der Waals surface area contributed by atoms with Gasteiger partial charge in [-0.1, -0.05) is 317 Å². The predicted molar refractivity (Wildman–Crippen MR) is 492 cm³/mol. The maximum atomic E-state index is 4.95. The van der Waals surface area contributed by atoms with Gasteiger partial charge in [-0.25, -0.2) is 29.9 Å². The Morgan fingerprint density at radius 1 is 0.240 bits per heavy atom. The first-order chi connectivity index (χ1) is 56.9. The molecule has 0 spiro atoms. The van der Waals surface area contributed by atoms with Crippen molar-refractivity contribution < 1.29 is 60.3 Å². The van der Waals surface area contributed by atoms with Crippen LogP contribution in [0.5, 0.6) is 0 Å². The fraction of sp³-hybridized carbons (Fsp3) is 0.257. The molecular weight excluding hydrogens is 2010 g/mol. The number of nitrogens with zero attached hydrogens (tertiary/aromatic N) is 9. The second-order valence-electron chi connectivity index (χ2n) is 34.9. The van der Waals surface area contributed by atoms with Crippen molar-refractivity contribution in [2.75, 3.05) is 0 Å². The first-order valence-corrected chi connectivity index (χ1v) is 42.0. The molecule has 12 heteroatoms. The number of aromatic nitrogens is 9. The quantitative estimate of drug-likeness (QED) is 0.0483. The summed E-state index contributed by atoms with van der Waals surface area (Å²) in [5, 5.41) is 0. The third-order valence-corrected chi connectivity index (χ3v) is 21.5. The van der Waals surface area contributed by atoms with Gasteiger partial charge < -0.3 is 15.0 Å². The molecule has 10 aromatic carbocycles. The zero-order valence-electron chi connectivity index (χ0n) is 72.3. The molecule has 15 rings (SSSR count). The monoisotopic (exact) mass is 2120 g/mol. The normalized spacial score (nSPS) is 11.4. The Kier molecular flexibility index (Phi) is 32.9. The molecule has 121 heavy (non-hydrogen) atoms. The van der Waals surface area contributed by atoms with Crippen LogP contribution in [-0.4, -0.2) is 44.9 Å². The van der Waals surface area contributed by atoms with E-state index in [-0.39, 0.29) is 82.0 Å². The van der Waals surface area contributed by atoms with E-state index in [0.717, 1.165) is 85.6 Å². The molecule has 3 radical (unpaired) electrons. The van der Waals surface area contributed by atoms with E-state index < -0.39 is 0 Å². The van der Waals surface area contributed by atoms with Crippen molar-refractivity contribution in [3.8, 4) is 135 Å². The summed E-state index contributed by atoms with van der Waals surface area (Å²) in [6.45, 7) is 31.3. The van der Waals surface area contributed by atoms with Crippen molar-refractivity contribution in [2.45, 2.75) is 183 Å². The van der Waals surface area contributed by atoms with Gasteiger partial charge in [0.15, 0.2) is 34.9 Å². The van der Waals surface area contributed by atoms with Crippen LogP contribution < -0.4 is 0 Å². The maximum absolute atomic E-state index is 4.95. The third kappa shape index (κ3) is 25.4. The third-order valence-electron chi connectivity index (χ3n) is 21.5. The molecule has 0 atom stereocenters. The summed E-state index contributed by atoms with van der Waals surface area (Å²) in [5.74, 6) is 3.87. The molecule has 5 heterocycles. The standard InChI is InChI=1S/C38H41N4.C37H36N.C34H33N4.3Ir/c1-3-5-7-10-14-29-18-22-32(23-19-29)36-40-37(33-24-20-30(21-25-33)15-11-8-6-4-2)42-38(41-36)34-26-27-35(39-28-34)31-16-12-9-13-17-31;1-36(2,3)33-17-13-26(14-18-33)30-23-31(27-15-19-34(20-16-27)37(4,5)6)25-32(24-30)28-10-9-11-29(22-28)35-12-7-8-21-38-35;1-33(2,3)27-17-12-24(13-18-27)30-36-31(25-14-19-28(20-15-25)34(4,5)6)38-32(37-30)26-16-21-29(35-22-26)23-10-8-7-9-11-23;;;/h9,12-13,16,18-28H,3-8,10-11,14-15H2,1-2H3;7-10,12-25H,1-6H3;7-10,12-22H,1-6H3;;;/q3*-1;;;. The average molecular weight is 2120 g/mol. The Labute approximate surface area is 760 Å². The van der Waals surface area contributed by atoms with Crippen molar-refractivity contribution >= 4 is 0 Å². The van der Waals surface area contributed by atoms with Crippen LogP contribution in [0, 0.1) is 18.2 Å². The van der Waals surface area contributed by atoms with E-state index in [0.29, 0.717) is 34.9 Å². The Hall–Kier alpha value is -10.4. The van der Waals surface area contributed by atoms with E-state index >= 15 is 0 Å². The maximum Gasteiger partial charge on any atom is 0.165 e. The summed E-state index contributed by atoms with van der Waals surface area (Å²) in [6.07, 6.45) is 17.8. The van der Waals surface area contributed by atoms with Crippen LogP contribution in [0.2, 0.25) is 0 Å². The van der Waals surface area contributed by atoms with E-state index in [2.05, 4.69) is 301 Å². The second-order valence-corrected chi connectivity index (χ2v) is 34.9. The molecule has 621 valence electrons. The van der Waals surface area contributed by atoms with Gasteiger partial charge in [0.1, 0.15) is 0 Å². The smallest absolute Gasteiger partial charge is 0.165 e. The molecule has 9 nitrogen and oxygen atoms in total. The summed E-state index contributed by atoms with van der Waals surface area (Å²) in [5.41, 5.74) is 26.7. The van der Waals surface area contributed by atoms with Gasteiger partial charge in [-0.05, 0) is 150 Å². The molecule has 0 bridgehead atoms. The Balaban J connectivity index is 0.000000188. The van der Waals surface area contributed by atoms with E-state index in [1.165, 1.54) is 113 Å². The van der Waals surface area contributed by atoms with Crippen molar-refractivity contribution in [3.63, 3.8) is 0 Å². The van der Waals surface area contributed by atoms with E-state index in [9.17, 15) is 0 Å². The van der Waals surface area contributed by atoms with Crippen LogP contribution in [-0.2, 0) is 94.8 Å². The van der Waals surface area contributed by atoms with Gasteiger partial charge >= 0.3 is 0 Å². The molecule has 0 aliphatic carbocycles. The van der Waals surface area contributed by atoms with Crippen LogP contribution in [0.1, 0.15) is 182 Å². The van der Waals surface area contributed by atoms with E-state index in [1.54, 1.807) is 0 Å². The van der Waals surface area contributed by atoms with Crippen molar-refractivity contribution in [3.05, 3.63) is 343 Å². The van der Waals surface area contributed by atoms with Gasteiger partial charge in [0.05, 0.1) is 0 Å². The largest absolute Gasteiger partial charge is 0.305 e. The number of benzene rings is 10. The number of rotatable bonds is 22. The minimum absolute atomic E-state index is 0. The molecular formula is C109H110Ir3N9-3. The molecule has 0 saturated carbocycles. The summed E-state index contributed by atoms with van der Waals surface area (Å²) >= 11 is 0. The number of hydrogen-bond donors (Lipinski definition) is 0. The summed E-state index contributed by atoms with van der Waals surface area (Å²) in [7, 11) is 0. The fourth-order valence-electron chi connectivity index (χ4n) is 14.2. The topological polar surface area (TPSA) is 116 Å². The van der Waals surface area contributed by atoms with Crippen LogP contribution in [0.25, 0.3) is 135 Å². The van der Waals surface area contributed by atoms with Gasteiger partial charge in [-0.3, -0.25) is 0 Å². The zero-order chi connectivity index (χ0) is 82.8. The molecule has 0 aliphatic heterocycles. The number of hydrogen-bond acceptors (Lipinski definition) is 9. The van der Waals surface area contributed by atoms with Gasteiger partial charge in [0.25, 0.3) is 0 Å². The summed E-state index contributed by atoms with van der Waals surface area (Å²) < 4.78 is 0. The van der Waals surface area contributed by atoms with Crippen molar-refractivity contribution in [1.82, 2.24) is 44.9 Å². The SMILES string of the molecule is CC(C)(C)c1ccc(-c2cc(-c3ccc(C(C)(C)C)cc3)cc(-c3cc[c-]c(-c4ccccn4)c3)c2)cc1.CC(C)(C)c1ccc(-c2nc(-c3ccc(C(C)(C)C)cc3)nc(-c3ccc(-c4[c-]cccc4)nc3)n2)cc1.CCCCCCc1ccc(-c2nc(-c3ccc(CCCCCC)cc3)nc(-c3ccc(-c4[c-]cccc4)nc3)n2)cc1.[Ir].[Ir].[Ir]. The number of pyridine rings is 3. The van der Waals surface area contributed by atoms with Crippen LogP contribution in [0.15, 0.2) is 292 Å². The number of unbranched alkanes of at least 4 members (excludes halogenated alkanes) is 6. The van der Waals surface area contributed by atoms with Crippen molar-refractivity contribution in [2.24, 2.45) is 0 Å². The molecule has 0 amide bonds. The predicted octanol–water partition coefficient (Wildman–Crippen LogP) is 28.4. The van der Waals surface area contributed by atoms with Crippen LogP contribution in [0.4, 0.5) is 0 Å². The van der Waals surface area contributed by atoms with E-state index in [4.69, 9.17) is 34.9 Å². The number of aryl methyl sites for hydroxylation is 2. The van der Waals surface area contributed by atoms with Gasteiger partial charge in [0.2, 0.25) is 0 Å². The first kappa shape index (κ1) is 92.9. The molecule has 0 N–H and O–H groups in total. The van der Waals surface area contributed by atoms with Gasteiger partial charge in [-0.2, -0.15) is 0 Å². The molecule has 5 aromatic heterocycles. The Morgan fingerprint density at radius 3 is 0.851 bits per heavy atom. The van der Waals surface area contributed by atoms with Gasteiger partial charge in [-0.15, -0.1) is 107 Å². The minimum Gasteiger partial charge on any atom is -0.305 e. The Morgan fingerprint density at radius 2 is 0.545 bits per heavy atom. The summed E-state index contributed by atoms with van der Waals surface area (Å²) in [6, 6.07) is 105. The molecule has 0 aliphatic rings. The fourth-order valence-corrected chi connectivity index (χ4v) is 14.2. The zero-order valence-corrected chi connectivity index (χ0v) is 79.5.